The van der Waals surface area contributed by atoms with Crippen LogP contribution < -0.4 is 5.73 Å². The molecule has 0 radical (unpaired) electrons. The standard InChI is InChI=1S/C9H17NO/c1-7(10)8-2-5-11-6-9(8)3-4-9/h7-8H,2-6,10H2,1H3. The number of ether oxygens (including phenoxy) is 1. The molecule has 2 unspecified atom stereocenters. The molecule has 0 bridgehead atoms. The van der Waals surface area contributed by atoms with Crippen LogP contribution in [0.1, 0.15) is 26.2 Å². The first-order chi connectivity index (χ1) is 5.25. The normalized spacial score (nSPS) is 37.1. The van der Waals surface area contributed by atoms with E-state index in [2.05, 4.69) is 6.92 Å². The molecule has 2 heteroatoms. The molecule has 2 atom stereocenters. The SMILES string of the molecule is CC(N)C1CCOCC12CC2. The van der Waals surface area contributed by atoms with E-state index in [9.17, 15) is 0 Å². The summed E-state index contributed by atoms with van der Waals surface area (Å²) in [6.45, 7) is 4.03. The van der Waals surface area contributed by atoms with Crippen LogP contribution in [0.25, 0.3) is 0 Å². The highest BCUT2D eigenvalue weighted by atomic mass is 16.5. The van der Waals surface area contributed by atoms with E-state index >= 15 is 0 Å². The molecule has 1 saturated heterocycles. The van der Waals surface area contributed by atoms with Crippen LogP contribution in [-0.4, -0.2) is 19.3 Å². The van der Waals surface area contributed by atoms with Gasteiger partial charge in [-0.2, -0.15) is 0 Å². The van der Waals surface area contributed by atoms with E-state index < -0.39 is 0 Å². The molecule has 11 heavy (non-hydrogen) atoms. The van der Waals surface area contributed by atoms with Crippen molar-refractivity contribution in [2.24, 2.45) is 17.1 Å². The summed E-state index contributed by atoms with van der Waals surface area (Å²) in [6, 6.07) is 0.362. The van der Waals surface area contributed by atoms with Crippen molar-refractivity contribution in [2.45, 2.75) is 32.2 Å². The van der Waals surface area contributed by atoms with Crippen LogP contribution in [-0.2, 0) is 4.74 Å². The van der Waals surface area contributed by atoms with Gasteiger partial charge in [-0.15, -0.1) is 0 Å². The second-order valence-electron chi connectivity index (χ2n) is 4.17. The van der Waals surface area contributed by atoms with Gasteiger partial charge in [0.2, 0.25) is 0 Å². The Kier molecular flexibility index (Phi) is 1.69. The summed E-state index contributed by atoms with van der Waals surface area (Å²) in [5.41, 5.74) is 6.45. The van der Waals surface area contributed by atoms with Crippen molar-refractivity contribution in [3.63, 3.8) is 0 Å². The van der Waals surface area contributed by atoms with Gasteiger partial charge in [0.1, 0.15) is 0 Å². The molecule has 64 valence electrons. The van der Waals surface area contributed by atoms with Gasteiger partial charge in [0, 0.05) is 12.6 Å². The summed E-state index contributed by atoms with van der Waals surface area (Å²) in [4.78, 5) is 0. The molecule has 1 spiro atoms. The Balaban J connectivity index is 2.04. The number of nitrogens with two attached hydrogens (primary N) is 1. The van der Waals surface area contributed by atoms with Crippen molar-refractivity contribution in [1.29, 1.82) is 0 Å². The maximum Gasteiger partial charge on any atom is 0.0525 e. The second-order valence-corrected chi connectivity index (χ2v) is 4.17. The summed E-state index contributed by atoms with van der Waals surface area (Å²) >= 11 is 0. The Hall–Kier alpha value is -0.0800. The van der Waals surface area contributed by atoms with Crippen LogP contribution in [0.4, 0.5) is 0 Å². The lowest BCUT2D eigenvalue weighted by Gasteiger charge is -2.34. The zero-order chi connectivity index (χ0) is 7.90. The van der Waals surface area contributed by atoms with E-state index in [0.29, 0.717) is 11.5 Å². The first-order valence-corrected chi connectivity index (χ1v) is 4.58. The highest BCUT2D eigenvalue weighted by molar-refractivity contribution is 5.02. The lowest BCUT2D eigenvalue weighted by molar-refractivity contribution is -0.00365. The largest absolute Gasteiger partial charge is 0.381 e. The maximum absolute atomic E-state index is 5.93. The molecule has 0 aromatic carbocycles. The number of hydrogen-bond donors (Lipinski definition) is 1. The fourth-order valence-corrected chi connectivity index (χ4v) is 2.40. The summed E-state index contributed by atoms with van der Waals surface area (Å²) in [7, 11) is 0. The molecule has 2 rings (SSSR count). The van der Waals surface area contributed by atoms with Gasteiger partial charge in [0.15, 0.2) is 0 Å². The molecule has 1 heterocycles. The summed E-state index contributed by atoms with van der Waals surface area (Å²) < 4.78 is 5.47. The van der Waals surface area contributed by atoms with Gasteiger partial charge in [-0.1, -0.05) is 0 Å². The van der Waals surface area contributed by atoms with E-state index in [1.54, 1.807) is 0 Å². The van der Waals surface area contributed by atoms with Gasteiger partial charge in [-0.05, 0) is 37.5 Å². The molecular weight excluding hydrogens is 138 g/mol. The molecule has 1 aliphatic heterocycles. The molecule has 2 nitrogen and oxygen atoms in total. The Morgan fingerprint density at radius 2 is 2.27 bits per heavy atom. The summed E-state index contributed by atoms with van der Waals surface area (Å²) in [6.07, 6.45) is 3.87. The third-order valence-electron chi connectivity index (χ3n) is 3.28. The van der Waals surface area contributed by atoms with Crippen LogP contribution >= 0.6 is 0 Å². The van der Waals surface area contributed by atoms with Crippen molar-refractivity contribution < 1.29 is 4.74 Å². The van der Waals surface area contributed by atoms with Gasteiger partial charge < -0.3 is 10.5 Å². The van der Waals surface area contributed by atoms with E-state index in [1.165, 1.54) is 19.3 Å². The fraction of sp³-hybridized carbons (Fsp3) is 1.00. The monoisotopic (exact) mass is 155 g/mol. The number of rotatable bonds is 1. The summed E-state index contributed by atoms with van der Waals surface area (Å²) in [5.74, 6) is 0.733. The molecule has 2 fully saturated rings. The average molecular weight is 155 g/mol. The molecule has 2 aliphatic rings. The van der Waals surface area contributed by atoms with Crippen LogP contribution in [0.2, 0.25) is 0 Å². The van der Waals surface area contributed by atoms with Crippen molar-refractivity contribution in [1.82, 2.24) is 0 Å². The quantitative estimate of drug-likeness (QED) is 0.616. The first kappa shape index (κ1) is 7.56. The topological polar surface area (TPSA) is 35.2 Å². The highest BCUT2D eigenvalue weighted by Crippen LogP contribution is 2.55. The smallest absolute Gasteiger partial charge is 0.0525 e. The fourth-order valence-electron chi connectivity index (χ4n) is 2.40. The molecule has 2 N–H and O–H groups in total. The molecule has 1 aliphatic carbocycles. The second kappa shape index (κ2) is 2.46. The third kappa shape index (κ3) is 1.18. The molecular formula is C9H17NO. The van der Waals surface area contributed by atoms with Crippen LogP contribution in [0.15, 0.2) is 0 Å². The zero-order valence-electron chi connectivity index (χ0n) is 7.18. The summed E-state index contributed by atoms with van der Waals surface area (Å²) in [5, 5.41) is 0. The predicted octanol–water partition coefficient (Wildman–Crippen LogP) is 1.15. The molecule has 0 aromatic heterocycles. The first-order valence-electron chi connectivity index (χ1n) is 4.58. The van der Waals surface area contributed by atoms with Crippen molar-refractivity contribution >= 4 is 0 Å². The van der Waals surface area contributed by atoms with Crippen LogP contribution in [0.5, 0.6) is 0 Å². The van der Waals surface area contributed by atoms with Gasteiger partial charge >= 0.3 is 0 Å². The Morgan fingerprint density at radius 3 is 2.73 bits per heavy atom. The Bertz CT molecular complexity index is 152. The van der Waals surface area contributed by atoms with Gasteiger partial charge in [-0.25, -0.2) is 0 Å². The van der Waals surface area contributed by atoms with E-state index in [-0.39, 0.29) is 0 Å². The average Bonchev–Trinajstić information content (AvgIpc) is 2.70. The molecule has 0 aromatic rings. The minimum atomic E-state index is 0.362. The van der Waals surface area contributed by atoms with Crippen molar-refractivity contribution in [3.05, 3.63) is 0 Å². The Morgan fingerprint density at radius 1 is 1.55 bits per heavy atom. The molecule has 0 amide bonds. The minimum Gasteiger partial charge on any atom is -0.381 e. The lowest BCUT2D eigenvalue weighted by Crippen LogP contribution is -2.40. The van der Waals surface area contributed by atoms with Crippen molar-refractivity contribution in [2.75, 3.05) is 13.2 Å². The van der Waals surface area contributed by atoms with Crippen LogP contribution in [0, 0.1) is 11.3 Å². The van der Waals surface area contributed by atoms with E-state index in [1.807, 2.05) is 0 Å². The van der Waals surface area contributed by atoms with E-state index in [4.69, 9.17) is 10.5 Å². The molecule has 1 saturated carbocycles. The number of hydrogen-bond acceptors (Lipinski definition) is 2. The maximum atomic E-state index is 5.93. The minimum absolute atomic E-state index is 0.362. The lowest BCUT2D eigenvalue weighted by atomic mass is 9.81. The predicted molar refractivity (Wildman–Crippen MR) is 44.2 cm³/mol. The van der Waals surface area contributed by atoms with Crippen LogP contribution in [0.3, 0.4) is 0 Å². The van der Waals surface area contributed by atoms with Gasteiger partial charge in [0.05, 0.1) is 6.61 Å². The zero-order valence-corrected chi connectivity index (χ0v) is 7.18. The van der Waals surface area contributed by atoms with Gasteiger partial charge in [0.25, 0.3) is 0 Å². The van der Waals surface area contributed by atoms with Gasteiger partial charge in [-0.3, -0.25) is 0 Å². The highest BCUT2D eigenvalue weighted by Gasteiger charge is 2.51. The Labute approximate surface area is 68.1 Å². The van der Waals surface area contributed by atoms with E-state index in [0.717, 1.165) is 19.1 Å². The van der Waals surface area contributed by atoms with Crippen molar-refractivity contribution in [3.8, 4) is 0 Å². The third-order valence-corrected chi connectivity index (χ3v) is 3.28.